The van der Waals surface area contributed by atoms with E-state index in [0.29, 0.717) is 11.8 Å². The van der Waals surface area contributed by atoms with E-state index in [1.807, 2.05) is 12.4 Å². The smallest absolute Gasteiger partial charge is 0.140 e. The van der Waals surface area contributed by atoms with E-state index in [9.17, 15) is 0 Å². The Morgan fingerprint density at radius 3 is 2.40 bits per heavy atom. The first-order chi connectivity index (χ1) is 7.11. The summed E-state index contributed by atoms with van der Waals surface area (Å²) in [5.74, 6) is 1.08. The van der Waals surface area contributed by atoms with Gasteiger partial charge in [0, 0.05) is 24.2 Å². The van der Waals surface area contributed by atoms with Crippen molar-refractivity contribution in [2.24, 2.45) is 0 Å². The molecular formula is C13H18N2. The summed E-state index contributed by atoms with van der Waals surface area (Å²) in [5, 5.41) is 0. The summed E-state index contributed by atoms with van der Waals surface area (Å²) in [6.07, 6.45) is 5.97. The number of fused-ring (bicyclic) bond motifs is 1. The molecule has 0 atom stereocenters. The van der Waals surface area contributed by atoms with Gasteiger partial charge in [-0.2, -0.15) is 0 Å². The molecule has 0 saturated heterocycles. The second-order valence-corrected chi connectivity index (χ2v) is 4.65. The zero-order valence-corrected chi connectivity index (χ0v) is 9.86. The van der Waals surface area contributed by atoms with Crippen molar-refractivity contribution in [1.29, 1.82) is 0 Å². The van der Waals surface area contributed by atoms with Gasteiger partial charge < -0.3 is 4.40 Å². The molecule has 0 radical (unpaired) electrons. The van der Waals surface area contributed by atoms with Crippen molar-refractivity contribution in [3.05, 3.63) is 35.8 Å². The average Bonchev–Trinajstić information content (AvgIpc) is 2.62. The van der Waals surface area contributed by atoms with Crippen LogP contribution in [-0.4, -0.2) is 9.38 Å². The summed E-state index contributed by atoms with van der Waals surface area (Å²) in [6, 6.07) is 2.22. The summed E-state index contributed by atoms with van der Waals surface area (Å²) in [7, 11) is 0. The molecule has 0 N–H and O–H groups in total. The van der Waals surface area contributed by atoms with E-state index in [1.165, 1.54) is 11.1 Å². The fraction of sp³-hybridized carbons (Fsp3) is 0.462. The zero-order valence-electron chi connectivity index (χ0n) is 9.86. The van der Waals surface area contributed by atoms with Gasteiger partial charge in [-0.3, -0.25) is 0 Å². The minimum atomic E-state index is 0.522. The molecule has 80 valence electrons. The number of hydrogen-bond donors (Lipinski definition) is 0. The molecule has 2 aromatic heterocycles. The Kier molecular flexibility index (Phi) is 2.51. The Morgan fingerprint density at radius 2 is 1.80 bits per heavy atom. The van der Waals surface area contributed by atoms with Gasteiger partial charge in [0.05, 0.1) is 0 Å². The number of aromatic nitrogens is 2. The third-order valence-electron chi connectivity index (χ3n) is 2.83. The monoisotopic (exact) mass is 202 g/mol. The predicted octanol–water partition coefficient (Wildman–Crippen LogP) is 3.58. The van der Waals surface area contributed by atoms with Crippen molar-refractivity contribution in [3.63, 3.8) is 0 Å². The van der Waals surface area contributed by atoms with Gasteiger partial charge in [0.25, 0.3) is 0 Å². The van der Waals surface area contributed by atoms with Crippen molar-refractivity contribution in [1.82, 2.24) is 9.38 Å². The number of rotatable bonds is 2. The second-order valence-electron chi connectivity index (χ2n) is 4.65. The van der Waals surface area contributed by atoms with E-state index >= 15 is 0 Å². The molecule has 0 amide bonds. The number of nitrogens with zero attached hydrogens (tertiary/aromatic N) is 2. The molecule has 2 heteroatoms. The quantitative estimate of drug-likeness (QED) is 0.727. The Balaban J connectivity index is 2.75. The average molecular weight is 202 g/mol. The summed E-state index contributed by atoms with van der Waals surface area (Å²) in [5.41, 5.74) is 3.91. The van der Waals surface area contributed by atoms with E-state index in [2.05, 4.69) is 49.3 Å². The van der Waals surface area contributed by atoms with Crippen LogP contribution in [0.15, 0.2) is 24.7 Å². The molecule has 0 aliphatic heterocycles. The van der Waals surface area contributed by atoms with Crippen LogP contribution < -0.4 is 0 Å². The number of hydrogen-bond acceptors (Lipinski definition) is 1. The third-order valence-corrected chi connectivity index (χ3v) is 2.83. The van der Waals surface area contributed by atoms with Crippen LogP contribution in [-0.2, 0) is 0 Å². The van der Waals surface area contributed by atoms with Crippen LogP contribution in [0.2, 0.25) is 0 Å². The molecule has 0 aliphatic carbocycles. The van der Waals surface area contributed by atoms with Crippen LogP contribution in [0.1, 0.15) is 50.7 Å². The van der Waals surface area contributed by atoms with Crippen LogP contribution >= 0.6 is 0 Å². The first-order valence-corrected chi connectivity index (χ1v) is 5.56. The van der Waals surface area contributed by atoms with Gasteiger partial charge in [0.2, 0.25) is 0 Å². The van der Waals surface area contributed by atoms with E-state index in [-0.39, 0.29) is 0 Å². The van der Waals surface area contributed by atoms with Gasteiger partial charge in [0.1, 0.15) is 5.65 Å². The molecular weight excluding hydrogens is 184 g/mol. The van der Waals surface area contributed by atoms with Crippen molar-refractivity contribution < 1.29 is 0 Å². The van der Waals surface area contributed by atoms with Gasteiger partial charge in [-0.15, -0.1) is 0 Å². The highest BCUT2D eigenvalue weighted by atomic mass is 15.0. The van der Waals surface area contributed by atoms with Crippen LogP contribution in [0.5, 0.6) is 0 Å². The zero-order chi connectivity index (χ0) is 11.0. The van der Waals surface area contributed by atoms with Crippen molar-refractivity contribution >= 4 is 5.65 Å². The first-order valence-electron chi connectivity index (χ1n) is 5.56. The standard InChI is InChI=1S/C13H18N2/c1-9(2)11-5-7-15-8-6-14-13(15)12(11)10(3)4/h5-10H,1-4H3. The lowest BCUT2D eigenvalue weighted by Crippen LogP contribution is -2.02. The Morgan fingerprint density at radius 1 is 1.07 bits per heavy atom. The molecule has 0 unspecified atom stereocenters. The van der Waals surface area contributed by atoms with Gasteiger partial charge in [0.15, 0.2) is 0 Å². The van der Waals surface area contributed by atoms with Crippen LogP contribution in [0.25, 0.3) is 5.65 Å². The summed E-state index contributed by atoms with van der Waals surface area (Å²) in [6.45, 7) is 8.94. The lowest BCUT2D eigenvalue weighted by atomic mass is 9.92. The Bertz CT molecular complexity index is 466. The number of imidazole rings is 1. The maximum Gasteiger partial charge on any atom is 0.140 e. The van der Waals surface area contributed by atoms with Gasteiger partial charge in [-0.25, -0.2) is 4.98 Å². The summed E-state index contributed by atoms with van der Waals surface area (Å²) in [4.78, 5) is 4.45. The van der Waals surface area contributed by atoms with Crippen LogP contribution in [0.4, 0.5) is 0 Å². The fourth-order valence-electron chi connectivity index (χ4n) is 2.12. The van der Waals surface area contributed by atoms with Gasteiger partial charge in [-0.05, 0) is 23.5 Å². The topological polar surface area (TPSA) is 17.3 Å². The Labute approximate surface area is 91.0 Å². The molecule has 0 spiro atoms. The minimum absolute atomic E-state index is 0.522. The molecule has 2 rings (SSSR count). The van der Waals surface area contributed by atoms with E-state index in [1.54, 1.807) is 0 Å². The summed E-state index contributed by atoms with van der Waals surface area (Å²) < 4.78 is 2.10. The van der Waals surface area contributed by atoms with E-state index < -0.39 is 0 Å². The summed E-state index contributed by atoms with van der Waals surface area (Å²) >= 11 is 0. The molecule has 0 aliphatic rings. The van der Waals surface area contributed by atoms with Crippen LogP contribution in [0.3, 0.4) is 0 Å². The molecule has 0 fully saturated rings. The second kappa shape index (κ2) is 3.69. The van der Waals surface area contributed by atoms with Crippen molar-refractivity contribution in [2.75, 3.05) is 0 Å². The fourth-order valence-corrected chi connectivity index (χ4v) is 2.12. The maximum absolute atomic E-state index is 4.45. The SMILES string of the molecule is CC(C)c1ccn2ccnc2c1C(C)C. The van der Waals surface area contributed by atoms with Crippen molar-refractivity contribution in [3.8, 4) is 0 Å². The Hall–Kier alpha value is -1.31. The van der Waals surface area contributed by atoms with Gasteiger partial charge >= 0.3 is 0 Å². The van der Waals surface area contributed by atoms with Crippen LogP contribution in [0, 0.1) is 0 Å². The molecule has 0 aromatic carbocycles. The molecule has 2 aromatic rings. The molecule has 0 saturated carbocycles. The molecule has 2 nitrogen and oxygen atoms in total. The highest BCUT2D eigenvalue weighted by molar-refractivity contribution is 5.54. The predicted molar refractivity (Wildman–Crippen MR) is 63.4 cm³/mol. The maximum atomic E-state index is 4.45. The van der Waals surface area contributed by atoms with Gasteiger partial charge in [-0.1, -0.05) is 27.7 Å². The number of pyridine rings is 1. The lowest BCUT2D eigenvalue weighted by Gasteiger charge is -2.16. The first kappa shape index (κ1) is 10.2. The highest BCUT2D eigenvalue weighted by Crippen LogP contribution is 2.28. The largest absolute Gasteiger partial charge is 0.307 e. The van der Waals surface area contributed by atoms with E-state index in [0.717, 1.165) is 5.65 Å². The molecule has 15 heavy (non-hydrogen) atoms. The highest BCUT2D eigenvalue weighted by Gasteiger charge is 2.14. The molecule has 0 bridgehead atoms. The van der Waals surface area contributed by atoms with Crippen molar-refractivity contribution in [2.45, 2.75) is 39.5 Å². The minimum Gasteiger partial charge on any atom is -0.307 e. The normalized spacial score (nSPS) is 11.9. The van der Waals surface area contributed by atoms with E-state index in [4.69, 9.17) is 0 Å². The molecule has 2 heterocycles. The third kappa shape index (κ3) is 1.65. The lowest BCUT2D eigenvalue weighted by molar-refractivity contribution is 0.786.